The largest absolute Gasteiger partial charge is 0.345 e. The lowest BCUT2D eigenvalue weighted by Crippen LogP contribution is -2.42. The van der Waals surface area contributed by atoms with E-state index in [-0.39, 0.29) is 17.2 Å². The van der Waals surface area contributed by atoms with Gasteiger partial charge in [0, 0.05) is 18.7 Å². The van der Waals surface area contributed by atoms with Crippen molar-refractivity contribution in [3.8, 4) is 0 Å². The van der Waals surface area contributed by atoms with Gasteiger partial charge in [0.1, 0.15) is 6.04 Å². The first-order valence-electron chi connectivity index (χ1n) is 7.00. The Bertz CT molecular complexity index is 514. The van der Waals surface area contributed by atoms with E-state index in [1.165, 1.54) is 5.56 Å². The molecular formula is C16H22N2O2. The lowest BCUT2D eigenvalue weighted by atomic mass is 9.87. The van der Waals surface area contributed by atoms with Crippen molar-refractivity contribution in [3.63, 3.8) is 0 Å². The molecule has 0 bridgehead atoms. The van der Waals surface area contributed by atoms with E-state index >= 15 is 0 Å². The number of rotatable bonds is 1. The normalized spacial score (nSPS) is 20.6. The van der Waals surface area contributed by atoms with Gasteiger partial charge in [-0.25, -0.2) is 0 Å². The topological polar surface area (TPSA) is 49.4 Å². The van der Waals surface area contributed by atoms with Crippen LogP contribution in [0.2, 0.25) is 0 Å². The highest BCUT2D eigenvalue weighted by atomic mass is 16.2. The van der Waals surface area contributed by atoms with Gasteiger partial charge in [0.15, 0.2) is 0 Å². The molecule has 1 N–H and O–H groups in total. The van der Waals surface area contributed by atoms with E-state index in [1.807, 2.05) is 24.3 Å². The maximum Gasteiger partial charge on any atom is 0.249 e. The minimum Gasteiger partial charge on any atom is -0.345 e. The quantitative estimate of drug-likeness (QED) is 0.853. The van der Waals surface area contributed by atoms with Crippen LogP contribution in [0.1, 0.15) is 39.7 Å². The van der Waals surface area contributed by atoms with E-state index in [4.69, 9.17) is 0 Å². The monoisotopic (exact) mass is 274 g/mol. The summed E-state index contributed by atoms with van der Waals surface area (Å²) in [4.78, 5) is 25.5. The third kappa shape index (κ3) is 3.00. The van der Waals surface area contributed by atoms with E-state index in [0.29, 0.717) is 13.0 Å². The van der Waals surface area contributed by atoms with Crippen LogP contribution in [0, 0.1) is 0 Å². The molecule has 108 valence electrons. The summed E-state index contributed by atoms with van der Waals surface area (Å²) in [6.07, 6.45) is 0.344. The van der Waals surface area contributed by atoms with Crippen molar-refractivity contribution in [1.29, 1.82) is 0 Å². The maximum absolute atomic E-state index is 12.3. The third-order valence-electron chi connectivity index (χ3n) is 3.62. The van der Waals surface area contributed by atoms with Crippen molar-refractivity contribution in [2.75, 3.05) is 11.4 Å². The van der Waals surface area contributed by atoms with Gasteiger partial charge < -0.3 is 10.2 Å². The number of amides is 2. The minimum absolute atomic E-state index is 0.0561. The molecule has 1 atom stereocenters. The molecule has 0 saturated carbocycles. The summed E-state index contributed by atoms with van der Waals surface area (Å²) < 4.78 is 0. The van der Waals surface area contributed by atoms with Gasteiger partial charge in [0.2, 0.25) is 11.8 Å². The predicted octanol–water partition coefficient (Wildman–Crippen LogP) is 2.23. The summed E-state index contributed by atoms with van der Waals surface area (Å²) >= 11 is 0. The second kappa shape index (κ2) is 5.27. The molecule has 0 radical (unpaired) electrons. The van der Waals surface area contributed by atoms with E-state index in [2.05, 4.69) is 26.1 Å². The molecule has 20 heavy (non-hydrogen) atoms. The molecule has 4 nitrogen and oxygen atoms in total. The van der Waals surface area contributed by atoms with Gasteiger partial charge in [-0.05, 0) is 30.0 Å². The van der Waals surface area contributed by atoms with Crippen molar-refractivity contribution in [2.45, 2.75) is 45.6 Å². The smallest absolute Gasteiger partial charge is 0.249 e. The Morgan fingerprint density at radius 3 is 2.30 bits per heavy atom. The van der Waals surface area contributed by atoms with E-state index < -0.39 is 6.04 Å². The van der Waals surface area contributed by atoms with Crippen LogP contribution in [-0.4, -0.2) is 24.4 Å². The summed E-state index contributed by atoms with van der Waals surface area (Å²) in [5.41, 5.74) is 2.17. The van der Waals surface area contributed by atoms with Gasteiger partial charge in [-0.1, -0.05) is 32.9 Å². The van der Waals surface area contributed by atoms with Crippen molar-refractivity contribution < 1.29 is 9.59 Å². The molecule has 4 heteroatoms. The summed E-state index contributed by atoms with van der Waals surface area (Å²) in [6.45, 7) is 8.63. The average molecular weight is 274 g/mol. The van der Waals surface area contributed by atoms with Crippen molar-refractivity contribution in [2.24, 2.45) is 0 Å². The Kier molecular flexibility index (Phi) is 3.84. The van der Waals surface area contributed by atoms with Crippen LogP contribution in [0.15, 0.2) is 24.3 Å². The standard InChI is InChI=1S/C16H22N2O2/c1-11-15(20)18(10-9-14(19)17-11)13-7-5-12(6-8-13)16(2,3)4/h5-8,11H,9-10H2,1-4H3,(H,17,19). The molecule has 2 amide bonds. The number of carbonyl (C=O) groups is 2. The van der Waals surface area contributed by atoms with Gasteiger partial charge in [-0.2, -0.15) is 0 Å². The molecule has 0 aliphatic carbocycles. The zero-order chi connectivity index (χ0) is 14.9. The molecule has 1 aromatic rings. The van der Waals surface area contributed by atoms with Gasteiger partial charge >= 0.3 is 0 Å². The minimum atomic E-state index is -0.465. The first kappa shape index (κ1) is 14.6. The van der Waals surface area contributed by atoms with Crippen LogP contribution in [0.5, 0.6) is 0 Å². The molecule has 1 aromatic carbocycles. The molecule has 2 rings (SSSR count). The maximum atomic E-state index is 12.3. The third-order valence-corrected chi connectivity index (χ3v) is 3.62. The molecule has 0 aromatic heterocycles. The number of nitrogens with one attached hydrogen (secondary N) is 1. The van der Waals surface area contributed by atoms with Gasteiger partial charge in [-0.3, -0.25) is 9.59 Å². The Morgan fingerprint density at radius 1 is 1.15 bits per heavy atom. The fourth-order valence-corrected chi connectivity index (χ4v) is 2.33. The number of hydrogen-bond donors (Lipinski definition) is 1. The van der Waals surface area contributed by atoms with Crippen LogP contribution in [0.4, 0.5) is 5.69 Å². The van der Waals surface area contributed by atoms with Crippen molar-refractivity contribution in [3.05, 3.63) is 29.8 Å². The summed E-state index contributed by atoms with van der Waals surface area (Å²) in [5, 5.41) is 2.70. The Morgan fingerprint density at radius 2 is 1.75 bits per heavy atom. The fraction of sp³-hybridized carbons (Fsp3) is 0.500. The molecular weight excluding hydrogens is 252 g/mol. The molecule has 1 unspecified atom stereocenters. The Balaban J connectivity index is 2.26. The number of carbonyl (C=O) groups excluding carboxylic acids is 2. The number of nitrogens with zero attached hydrogens (tertiary/aromatic N) is 1. The van der Waals surface area contributed by atoms with Crippen LogP contribution in [0.3, 0.4) is 0 Å². The Hall–Kier alpha value is -1.84. The van der Waals surface area contributed by atoms with Crippen LogP contribution in [-0.2, 0) is 15.0 Å². The molecule has 1 aliphatic rings. The van der Waals surface area contributed by atoms with E-state index in [1.54, 1.807) is 11.8 Å². The first-order valence-corrected chi connectivity index (χ1v) is 7.00. The second-order valence-corrected chi connectivity index (χ2v) is 6.33. The molecule has 0 spiro atoms. The number of benzene rings is 1. The van der Waals surface area contributed by atoms with E-state index in [9.17, 15) is 9.59 Å². The molecule has 1 aliphatic heterocycles. The summed E-state index contributed by atoms with van der Waals surface area (Å²) in [6, 6.07) is 7.55. The summed E-state index contributed by atoms with van der Waals surface area (Å²) in [5.74, 6) is -0.126. The average Bonchev–Trinajstić information content (AvgIpc) is 2.49. The van der Waals surface area contributed by atoms with Crippen LogP contribution < -0.4 is 10.2 Å². The lowest BCUT2D eigenvalue weighted by molar-refractivity contribution is -0.125. The highest BCUT2D eigenvalue weighted by molar-refractivity contribution is 6.00. The Labute approximate surface area is 120 Å². The summed E-state index contributed by atoms with van der Waals surface area (Å²) in [7, 11) is 0. The second-order valence-electron chi connectivity index (χ2n) is 6.33. The van der Waals surface area contributed by atoms with Gasteiger partial charge in [0.25, 0.3) is 0 Å². The predicted molar refractivity (Wildman–Crippen MR) is 79.7 cm³/mol. The SMILES string of the molecule is CC1NC(=O)CCN(c2ccc(C(C)(C)C)cc2)C1=O. The first-order chi connectivity index (χ1) is 9.29. The zero-order valence-corrected chi connectivity index (χ0v) is 12.6. The highest BCUT2D eigenvalue weighted by Gasteiger charge is 2.27. The fourth-order valence-electron chi connectivity index (χ4n) is 2.33. The van der Waals surface area contributed by atoms with E-state index in [0.717, 1.165) is 5.69 Å². The number of anilines is 1. The van der Waals surface area contributed by atoms with Crippen molar-refractivity contribution >= 4 is 17.5 Å². The van der Waals surface area contributed by atoms with Gasteiger partial charge in [0.05, 0.1) is 0 Å². The molecule has 1 fully saturated rings. The van der Waals surface area contributed by atoms with Crippen molar-refractivity contribution in [1.82, 2.24) is 5.32 Å². The lowest BCUT2D eigenvalue weighted by Gasteiger charge is -2.24. The van der Waals surface area contributed by atoms with Crippen LogP contribution >= 0.6 is 0 Å². The molecule has 1 heterocycles. The number of hydrogen-bond acceptors (Lipinski definition) is 2. The highest BCUT2D eigenvalue weighted by Crippen LogP contribution is 2.25. The molecule has 1 saturated heterocycles. The van der Waals surface area contributed by atoms with Gasteiger partial charge in [-0.15, -0.1) is 0 Å². The van der Waals surface area contributed by atoms with Crippen LogP contribution in [0.25, 0.3) is 0 Å². The zero-order valence-electron chi connectivity index (χ0n) is 12.6.